The highest BCUT2D eigenvalue weighted by Crippen LogP contribution is 2.12. The molecule has 0 bridgehead atoms. The summed E-state index contributed by atoms with van der Waals surface area (Å²) in [5.41, 5.74) is 0.957. The third-order valence-electron chi connectivity index (χ3n) is 3.04. The van der Waals surface area contributed by atoms with Crippen molar-refractivity contribution in [2.75, 3.05) is 6.54 Å². The molecule has 0 fully saturated rings. The second kappa shape index (κ2) is 7.24. The van der Waals surface area contributed by atoms with Crippen LogP contribution in [0.4, 0.5) is 0 Å². The van der Waals surface area contributed by atoms with Gasteiger partial charge < -0.3 is 9.73 Å². The Labute approximate surface area is 129 Å². The fraction of sp³-hybridized carbons (Fsp3) is 0.267. The zero-order chi connectivity index (χ0) is 16.0. The topological polar surface area (TPSA) is 88.4 Å². The van der Waals surface area contributed by atoms with Gasteiger partial charge in [-0.05, 0) is 36.2 Å². The predicted octanol–water partition coefficient (Wildman–Crippen LogP) is 1.44. The predicted molar refractivity (Wildman–Crippen MR) is 81.6 cm³/mol. The number of nitrogens with one attached hydrogen (secondary N) is 2. The Morgan fingerprint density at radius 3 is 2.50 bits per heavy atom. The molecule has 6 nitrogen and oxygen atoms in total. The molecule has 0 aliphatic rings. The maximum atomic E-state index is 12.1. The summed E-state index contributed by atoms with van der Waals surface area (Å²) < 4.78 is 31.8. The third-order valence-corrected chi connectivity index (χ3v) is 4.45. The molecule has 1 aromatic carbocycles. The molecule has 1 amide bonds. The minimum atomic E-state index is -3.57. The number of sulfonamides is 1. The van der Waals surface area contributed by atoms with Gasteiger partial charge in [0.05, 0.1) is 17.7 Å². The van der Waals surface area contributed by atoms with Crippen LogP contribution in [0.3, 0.4) is 0 Å². The third kappa shape index (κ3) is 4.71. The van der Waals surface area contributed by atoms with Crippen molar-refractivity contribution in [1.29, 1.82) is 0 Å². The first-order chi connectivity index (χ1) is 10.5. The van der Waals surface area contributed by atoms with Crippen LogP contribution >= 0.6 is 0 Å². The van der Waals surface area contributed by atoms with Gasteiger partial charge in [-0.1, -0.05) is 12.1 Å². The number of carbonyl (C=O) groups excluding carboxylic acids is 1. The molecule has 118 valence electrons. The van der Waals surface area contributed by atoms with Gasteiger partial charge in [0, 0.05) is 13.5 Å². The van der Waals surface area contributed by atoms with Crippen LogP contribution in [0.5, 0.6) is 0 Å². The van der Waals surface area contributed by atoms with Crippen molar-refractivity contribution >= 4 is 15.9 Å². The second-order valence-electron chi connectivity index (χ2n) is 4.78. The number of carbonyl (C=O) groups is 1. The molecule has 0 spiro atoms. The summed E-state index contributed by atoms with van der Waals surface area (Å²) in [6.07, 6.45) is 2.15. The van der Waals surface area contributed by atoms with Crippen molar-refractivity contribution in [3.8, 4) is 0 Å². The molecule has 1 aromatic heterocycles. The highest BCUT2D eigenvalue weighted by molar-refractivity contribution is 7.89. The van der Waals surface area contributed by atoms with Gasteiger partial charge in [0.1, 0.15) is 5.76 Å². The molecule has 0 atom stereocenters. The lowest BCUT2D eigenvalue weighted by Gasteiger charge is -2.07. The molecule has 0 radical (unpaired) electrons. The van der Waals surface area contributed by atoms with E-state index in [0.717, 1.165) is 5.56 Å². The minimum Gasteiger partial charge on any atom is -0.468 e. The monoisotopic (exact) mass is 322 g/mol. The largest absolute Gasteiger partial charge is 0.468 e. The summed E-state index contributed by atoms with van der Waals surface area (Å²) in [6, 6.07) is 9.98. The van der Waals surface area contributed by atoms with Gasteiger partial charge in [-0.15, -0.1) is 0 Å². The number of hydrogen-bond acceptors (Lipinski definition) is 4. The smallest absolute Gasteiger partial charge is 0.240 e. The minimum absolute atomic E-state index is 0.0821. The Morgan fingerprint density at radius 2 is 1.91 bits per heavy atom. The molecular weight excluding hydrogens is 304 g/mol. The standard InChI is InChI=1S/C15H18N2O4S/c1-12(18)16-9-8-13-4-6-15(7-5-13)22(19,20)17-11-14-3-2-10-21-14/h2-7,10,17H,8-9,11H2,1H3,(H,16,18). The van der Waals surface area contributed by atoms with Crippen molar-refractivity contribution in [2.24, 2.45) is 0 Å². The number of hydrogen-bond donors (Lipinski definition) is 2. The zero-order valence-electron chi connectivity index (χ0n) is 12.2. The van der Waals surface area contributed by atoms with E-state index >= 15 is 0 Å². The Hall–Kier alpha value is -2.12. The van der Waals surface area contributed by atoms with Crippen LogP contribution in [0.25, 0.3) is 0 Å². The Morgan fingerprint density at radius 1 is 1.18 bits per heavy atom. The van der Waals surface area contributed by atoms with Crippen molar-refractivity contribution in [3.05, 3.63) is 54.0 Å². The van der Waals surface area contributed by atoms with Gasteiger partial charge in [0.2, 0.25) is 15.9 Å². The maximum absolute atomic E-state index is 12.1. The molecule has 2 rings (SSSR count). The molecule has 1 heterocycles. The average Bonchev–Trinajstić information content (AvgIpc) is 2.99. The average molecular weight is 322 g/mol. The molecule has 0 unspecified atom stereocenters. The summed E-state index contributed by atoms with van der Waals surface area (Å²) in [7, 11) is -3.57. The Balaban J connectivity index is 1.94. The molecular formula is C15H18N2O4S. The SMILES string of the molecule is CC(=O)NCCc1ccc(S(=O)(=O)NCc2ccco2)cc1. The van der Waals surface area contributed by atoms with E-state index in [-0.39, 0.29) is 17.3 Å². The normalized spacial score (nSPS) is 11.3. The van der Waals surface area contributed by atoms with Crippen LogP contribution in [-0.2, 0) is 27.8 Å². The lowest BCUT2D eigenvalue weighted by molar-refractivity contribution is -0.118. The number of rotatable bonds is 7. The van der Waals surface area contributed by atoms with Crippen LogP contribution in [0, 0.1) is 0 Å². The van der Waals surface area contributed by atoms with Crippen LogP contribution in [0.1, 0.15) is 18.2 Å². The molecule has 0 saturated carbocycles. The highest BCUT2D eigenvalue weighted by Gasteiger charge is 2.14. The maximum Gasteiger partial charge on any atom is 0.240 e. The first-order valence-corrected chi connectivity index (χ1v) is 8.31. The number of furan rings is 1. The van der Waals surface area contributed by atoms with E-state index < -0.39 is 10.0 Å². The molecule has 0 aliphatic heterocycles. The van der Waals surface area contributed by atoms with Gasteiger partial charge in [-0.2, -0.15) is 0 Å². The fourth-order valence-corrected chi connectivity index (χ4v) is 2.87. The van der Waals surface area contributed by atoms with Gasteiger partial charge in [0.25, 0.3) is 0 Å². The molecule has 0 aliphatic carbocycles. The second-order valence-corrected chi connectivity index (χ2v) is 6.55. The van der Waals surface area contributed by atoms with Gasteiger partial charge in [-0.3, -0.25) is 4.79 Å². The molecule has 2 N–H and O–H groups in total. The van der Waals surface area contributed by atoms with Crippen molar-refractivity contribution in [3.63, 3.8) is 0 Å². The van der Waals surface area contributed by atoms with E-state index in [1.807, 2.05) is 0 Å². The highest BCUT2D eigenvalue weighted by atomic mass is 32.2. The van der Waals surface area contributed by atoms with Crippen LogP contribution in [-0.4, -0.2) is 20.9 Å². The van der Waals surface area contributed by atoms with Crippen LogP contribution in [0.15, 0.2) is 52.0 Å². The van der Waals surface area contributed by atoms with Crippen LogP contribution in [0.2, 0.25) is 0 Å². The summed E-state index contributed by atoms with van der Waals surface area (Å²) in [5, 5.41) is 2.69. The Bertz CT molecular complexity index is 707. The van der Waals surface area contributed by atoms with E-state index in [2.05, 4.69) is 10.0 Å². The van der Waals surface area contributed by atoms with Crippen molar-refractivity contribution in [2.45, 2.75) is 24.8 Å². The number of amides is 1. The lowest BCUT2D eigenvalue weighted by atomic mass is 10.1. The van der Waals surface area contributed by atoms with Crippen LogP contribution < -0.4 is 10.0 Å². The zero-order valence-corrected chi connectivity index (χ0v) is 13.0. The Kier molecular flexibility index (Phi) is 5.35. The number of benzene rings is 1. The summed E-state index contributed by atoms with van der Waals surface area (Å²) in [5.74, 6) is 0.469. The fourth-order valence-electron chi connectivity index (χ4n) is 1.88. The first kappa shape index (κ1) is 16.3. The molecule has 2 aromatic rings. The van der Waals surface area contributed by atoms with E-state index in [9.17, 15) is 13.2 Å². The summed E-state index contributed by atoms with van der Waals surface area (Å²) in [6.45, 7) is 2.10. The molecule has 7 heteroatoms. The summed E-state index contributed by atoms with van der Waals surface area (Å²) >= 11 is 0. The van der Waals surface area contributed by atoms with E-state index in [1.165, 1.54) is 13.2 Å². The van der Waals surface area contributed by atoms with Gasteiger partial charge in [-0.25, -0.2) is 13.1 Å². The van der Waals surface area contributed by atoms with E-state index in [1.54, 1.807) is 36.4 Å². The van der Waals surface area contributed by atoms with Crippen molar-refractivity contribution in [1.82, 2.24) is 10.0 Å². The van der Waals surface area contributed by atoms with E-state index in [4.69, 9.17) is 4.42 Å². The van der Waals surface area contributed by atoms with Gasteiger partial charge in [0.15, 0.2) is 0 Å². The van der Waals surface area contributed by atoms with Gasteiger partial charge >= 0.3 is 0 Å². The van der Waals surface area contributed by atoms with Crippen molar-refractivity contribution < 1.29 is 17.6 Å². The molecule has 22 heavy (non-hydrogen) atoms. The first-order valence-electron chi connectivity index (χ1n) is 6.83. The van der Waals surface area contributed by atoms with E-state index in [0.29, 0.717) is 18.7 Å². The summed E-state index contributed by atoms with van der Waals surface area (Å²) in [4.78, 5) is 11.0. The molecule has 0 saturated heterocycles. The quantitative estimate of drug-likeness (QED) is 0.807. The lowest BCUT2D eigenvalue weighted by Crippen LogP contribution is -2.23.